The van der Waals surface area contributed by atoms with Gasteiger partial charge >= 0.3 is 0 Å². The van der Waals surface area contributed by atoms with E-state index in [-0.39, 0.29) is 0 Å². The summed E-state index contributed by atoms with van der Waals surface area (Å²) >= 11 is 0. The first kappa shape index (κ1) is 13.8. The van der Waals surface area contributed by atoms with E-state index in [1.54, 1.807) is 0 Å². The van der Waals surface area contributed by atoms with Crippen LogP contribution in [-0.4, -0.2) is 12.0 Å². The Morgan fingerprint density at radius 3 is 2.62 bits per heavy atom. The van der Waals surface area contributed by atoms with Crippen LogP contribution in [0.2, 0.25) is 0 Å². The monoisotopic (exact) mass is 276 g/mol. The Bertz CT molecular complexity index is 732. The van der Waals surface area contributed by atoms with Gasteiger partial charge in [-0.05, 0) is 49.7 Å². The van der Waals surface area contributed by atoms with E-state index in [1.165, 1.54) is 22.1 Å². The van der Waals surface area contributed by atoms with E-state index in [0.717, 1.165) is 11.9 Å². The summed E-state index contributed by atoms with van der Waals surface area (Å²) in [5.74, 6) is 0. The van der Waals surface area contributed by atoms with E-state index < -0.39 is 0 Å². The minimum absolute atomic E-state index is 0.317. The number of nitrogens with one attached hydrogen (secondary N) is 1. The van der Waals surface area contributed by atoms with Crippen LogP contribution < -0.4 is 5.32 Å². The number of nitrogens with zero attached hydrogens (tertiary/aromatic N) is 1. The van der Waals surface area contributed by atoms with Crippen LogP contribution in [-0.2, 0) is 6.42 Å². The van der Waals surface area contributed by atoms with Gasteiger partial charge in [0.05, 0.1) is 5.52 Å². The lowest BCUT2D eigenvalue weighted by atomic mass is 9.97. The van der Waals surface area contributed by atoms with Crippen molar-refractivity contribution in [1.82, 2.24) is 10.3 Å². The molecule has 0 aliphatic rings. The smallest absolute Gasteiger partial charge is 0.0702 e. The van der Waals surface area contributed by atoms with Crippen molar-refractivity contribution in [2.45, 2.75) is 19.4 Å². The Hall–Kier alpha value is -2.19. The third-order valence-electron chi connectivity index (χ3n) is 3.94. The summed E-state index contributed by atoms with van der Waals surface area (Å²) in [6, 6.07) is 19.7. The van der Waals surface area contributed by atoms with Crippen LogP contribution in [0.15, 0.2) is 60.8 Å². The predicted molar refractivity (Wildman–Crippen MR) is 88.4 cm³/mol. The fourth-order valence-electron chi connectivity index (χ4n) is 2.66. The van der Waals surface area contributed by atoms with Gasteiger partial charge < -0.3 is 5.32 Å². The van der Waals surface area contributed by atoms with Crippen molar-refractivity contribution in [2.75, 3.05) is 7.05 Å². The highest BCUT2D eigenvalue weighted by atomic mass is 14.9. The summed E-state index contributed by atoms with van der Waals surface area (Å²) in [4.78, 5) is 4.38. The number of benzene rings is 2. The van der Waals surface area contributed by atoms with Crippen LogP contribution in [0.3, 0.4) is 0 Å². The lowest BCUT2D eigenvalue weighted by Crippen LogP contribution is -2.18. The summed E-state index contributed by atoms with van der Waals surface area (Å²) < 4.78 is 0. The second-order valence-corrected chi connectivity index (χ2v) is 5.49. The molecule has 0 amide bonds. The summed E-state index contributed by atoms with van der Waals surface area (Å²) in [6.45, 7) is 2.12. The number of pyridine rings is 1. The third kappa shape index (κ3) is 3.11. The lowest BCUT2D eigenvalue weighted by molar-refractivity contribution is 0.592. The summed E-state index contributed by atoms with van der Waals surface area (Å²) in [5.41, 5.74) is 5.01. The molecule has 21 heavy (non-hydrogen) atoms. The zero-order valence-corrected chi connectivity index (χ0v) is 12.5. The fraction of sp³-hybridized carbons (Fsp3) is 0.211. The Morgan fingerprint density at radius 1 is 1.05 bits per heavy atom. The normalized spacial score (nSPS) is 12.5. The molecule has 1 heterocycles. The van der Waals surface area contributed by atoms with E-state index in [0.29, 0.717) is 6.04 Å². The van der Waals surface area contributed by atoms with Crippen LogP contribution in [0, 0.1) is 6.92 Å². The van der Waals surface area contributed by atoms with Crippen LogP contribution in [0.4, 0.5) is 0 Å². The van der Waals surface area contributed by atoms with Gasteiger partial charge in [-0.25, -0.2) is 0 Å². The molecule has 3 aromatic rings. The van der Waals surface area contributed by atoms with Crippen LogP contribution >= 0.6 is 0 Å². The molecular weight excluding hydrogens is 256 g/mol. The van der Waals surface area contributed by atoms with Crippen molar-refractivity contribution in [1.29, 1.82) is 0 Å². The Morgan fingerprint density at radius 2 is 1.86 bits per heavy atom. The zero-order valence-electron chi connectivity index (χ0n) is 12.5. The Kier molecular flexibility index (Phi) is 3.98. The van der Waals surface area contributed by atoms with Gasteiger partial charge in [-0.2, -0.15) is 0 Å². The first-order valence-corrected chi connectivity index (χ1v) is 7.34. The first-order chi connectivity index (χ1) is 10.3. The summed E-state index contributed by atoms with van der Waals surface area (Å²) in [5, 5.41) is 4.62. The fourth-order valence-corrected chi connectivity index (χ4v) is 2.66. The second kappa shape index (κ2) is 6.06. The molecular formula is C19H20N2. The number of likely N-dealkylation sites (N-methyl/N-ethyl adjacent to an activating group) is 1. The molecule has 0 bridgehead atoms. The second-order valence-electron chi connectivity index (χ2n) is 5.49. The molecule has 3 rings (SSSR count). The number of fused-ring (bicyclic) bond motifs is 1. The van der Waals surface area contributed by atoms with Crippen molar-refractivity contribution in [3.05, 3.63) is 77.5 Å². The van der Waals surface area contributed by atoms with Crippen molar-refractivity contribution >= 4 is 10.9 Å². The Balaban J connectivity index is 1.88. The molecule has 0 radical (unpaired) electrons. The van der Waals surface area contributed by atoms with Gasteiger partial charge in [0.2, 0.25) is 0 Å². The molecule has 1 N–H and O–H groups in total. The van der Waals surface area contributed by atoms with Crippen LogP contribution in [0.1, 0.15) is 22.7 Å². The van der Waals surface area contributed by atoms with Crippen molar-refractivity contribution in [2.24, 2.45) is 0 Å². The first-order valence-electron chi connectivity index (χ1n) is 7.34. The van der Waals surface area contributed by atoms with Gasteiger partial charge in [-0.15, -0.1) is 0 Å². The number of aromatic nitrogens is 1. The molecule has 106 valence electrons. The maximum atomic E-state index is 4.38. The standard InChI is InChI=1S/C19H20N2/c1-14-5-7-15(8-6-14)12-19(20-2)17-9-10-18-16(13-17)4-3-11-21-18/h3-11,13,19-20H,12H2,1-2H3. The average molecular weight is 276 g/mol. The molecule has 0 fully saturated rings. The van der Waals surface area contributed by atoms with Gasteiger partial charge in [-0.3, -0.25) is 4.98 Å². The molecule has 1 atom stereocenters. The highest BCUT2D eigenvalue weighted by molar-refractivity contribution is 5.79. The van der Waals surface area contributed by atoms with Gasteiger partial charge in [0, 0.05) is 17.6 Å². The molecule has 0 aliphatic heterocycles. The van der Waals surface area contributed by atoms with Crippen molar-refractivity contribution in [3.8, 4) is 0 Å². The minimum Gasteiger partial charge on any atom is -0.313 e. The van der Waals surface area contributed by atoms with E-state index in [2.05, 4.69) is 65.8 Å². The van der Waals surface area contributed by atoms with Crippen molar-refractivity contribution in [3.63, 3.8) is 0 Å². The van der Waals surface area contributed by atoms with Crippen LogP contribution in [0.25, 0.3) is 10.9 Å². The maximum absolute atomic E-state index is 4.38. The summed E-state index contributed by atoms with van der Waals surface area (Å²) in [6.07, 6.45) is 2.83. The number of hydrogen-bond donors (Lipinski definition) is 1. The van der Waals surface area contributed by atoms with E-state index in [4.69, 9.17) is 0 Å². The minimum atomic E-state index is 0.317. The lowest BCUT2D eigenvalue weighted by Gasteiger charge is -2.17. The number of rotatable bonds is 4. The molecule has 1 aromatic heterocycles. The number of hydrogen-bond acceptors (Lipinski definition) is 2. The molecule has 1 unspecified atom stereocenters. The SMILES string of the molecule is CNC(Cc1ccc(C)cc1)c1ccc2ncccc2c1. The van der Waals surface area contributed by atoms with Gasteiger partial charge in [0.1, 0.15) is 0 Å². The van der Waals surface area contributed by atoms with E-state index >= 15 is 0 Å². The zero-order chi connectivity index (χ0) is 14.7. The Labute approximate surface area is 125 Å². The molecule has 2 heteroatoms. The third-order valence-corrected chi connectivity index (χ3v) is 3.94. The largest absolute Gasteiger partial charge is 0.313 e. The summed E-state index contributed by atoms with van der Waals surface area (Å²) in [7, 11) is 2.02. The molecule has 0 saturated carbocycles. The predicted octanol–water partition coefficient (Wildman–Crippen LogP) is 4.05. The highest BCUT2D eigenvalue weighted by Gasteiger charge is 2.10. The molecule has 0 aliphatic carbocycles. The highest BCUT2D eigenvalue weighted by Crippen LogP contribution is 2.22. The van der Waals surface area contributed by atoms with Crippen LogP contribution in [0.5, 0.6) is 0 Å². The van der Waals surface area contributed by atoms with Gasteiger partial charge in [0.25, 0.3) is 0 Å². The quantitative estimate of drug-likeness (QED) is 0.777. The topological polar surface area (TPSA) is 24.9 Å². The van der Waals surface area contributed by atoms with Gasteiger partial charge in [0.15, 0.2) is 0 Å². The average Bonchev–Trinajstić information content (AvgIpc) is 2.54. The van der Waals surface area contributed by atoms with Gasteiger partial charge in [-0.1, -0.05) is 42.0 Å². The molecule has 0 spiro atoms. The molecule has 0 saturated heterocycles. The van der Waals surface area contributed by atoms with E-state index in [1.807, 2.05) is 19.3 Å². The van der Waals surface area contributed by atoms with Crippen molar-refractivity contribution < 1.29 is 0 Å². The molecule has 2 nitrogen and oxygen atoms in total. The molecule has 2 aromatic carbocycles. The van der Waals surface area contributed by atoms with E-state index in [9.17, 15) is 0 Å². The maximum Gasteiger partial charge on any atom is 0.0702 e. The number of aryl methyl sites for hydroxylation is 1.